The normalized spacial score (nSPS) is 10.9. The molecule has 0 aliphatic carbocycles. The van der Waals surface area contributed by atoms with E-state index in [-0.39, 0.29) is 0 Å². The van der Waals surface area contributed by atoms with Crippen molar-refractivity contribution < 1.29 is 4.74 Å². The summed E-state index contributed by atoms with van der Waals surface area (Å²) in [5.74, 6) is 0.625. The molecule has 1 aromatic rings. The van der Waals surface area contributed by atoms with E-state index >= 15 is 0 Å². The lowest BCUT2D eigenvalue weighted by Gasteiger charge is -2.19. The van der Waals surface area contributed by atoms with Crippen molar-refractivity contribution in [2.75, 3.05) is 44.8 Å². The standard InChI is InChI=1S/C16H28N2O/c1-15(2)14-19-13-11-17-10-7-12-18(3)16-8-5-4-6-9-16/h4-6,8-9,15,17H,7,10-14H2,1-3H3. The fraction of sp³-hybridized carbons (Fsp3) is 0.625. The first-order valence-corrected chi connectivity index (χ1v) is 7.25. The second-order valence-corrected chi connectivity index (χ2v) is 5.33. The number of nitrogens with one attached hydrogen (secondary N) is 1. The molecule has 19 heavy (non-hydrogen) atoms. The number of ether oxygens (including phenoxy) is 1. The number of hydrogen-bond donors (Lipinski definition) is 1. The van der Waals surface area contributed by atoms with Crippen LogP contribution in [0.25, 0.3) is 0 Å². The summed E-state index contributed by atoms with van der Waals surface area (Å²) in [4.78, 5) is 2.29. The van der Waals surface area contributed by atoms with Crippen molar-refractivity contribution in [3.63, 3.8) is 0 Å². The Morgan fingerprint density at radius 3 is 2.58 bits per heavy atom. The second-order valence-electron chi connectivity index (χ2n) is 5.33. The summed E-state index contributed by atoms with van der Waals surface area (Å²) < 4.78 is 5.52. The van der Waals surface area contributed by atoms with Crippen molar-refractivity contribution in [3.05, 3.63) is 30.3 Å². The van der Waals surface area contributed by atoms with Crippen LogP contribution in [-0.2, 0) is 4.74 Å². The monoisotopic (exact) mass is 264 g/mol. The van der Waals surface area contributed by atoms with Crippen molar-refractivity contribution in [1.82, 2.24) is 5.32 Å². The van der Waals surface area contributed by atoms with E-state index < -0.39 is 0 Å². The lowest BCUT2D eigenvalue weighted by molar-refractivity contribution is 0.112. The van der Waals surface area contributed by atoms with Gasteiger partial charge in [0, 0.05) is 32.4 Å². The average Bonchev–Trinajstić information content (AvgIpc) is 2.42. The molecule has 0 bridgehead atoms. The Morgan fingerprint density at radius 2 is 1.89 bits per heavy atom. The van der Waals surface area contributed by atoms with E-state index in [1.165, 1.54) is 5.69 Å². The summed E-state index contributed by atoms with van der Waals surface area (Å²) in [5, 5.41) is 3.41. The number of nitrogens with zero attached hydrogens (tertiary/aromatic N) is 1. The van der Waals surface area contributed by atoms with Gasteiger partial charge in [0.15, 0.2) is 0 Å². The van der Waals surface area contributed by atoms with Crippen LogP contribution in [-0.4, -0.2) is 39.9 Å². The van der Waals surface area contributed by atoms with E-state index in [2.05, 4.69) is 61.4 Å². The summed E-state index contributed by atoms with van der Waals surface area (Å²) in [6.45, 7) is 9.08. The van der Waals surface area contributed by atoms with Crippen molar-refractivity contribution in [2.24, 2.45) is 5.92 Å². The number of hydrogen-bond acceptors (Lipinski definition) is 3. The van der Waals surface area contributed by atoms with Crippen molar-refractivity contribution in [1.29, 1.82) is 0 Å². The molecule has 0 saturated heterocycles. The Labute approximate surface area is 118 Å². The fourth-order valence-electron chi connectivity index (χ4n) is 1.84. The molecule has 3 heteroatoms. The van der Waals surface area contributed by atoms with E-state index in [0.717, 1.165) is 39.3 Å². The Morgan fingerprint density at radius 1 is 1.16 bits per heavy atom. The van der Waals surface area contributed by atoms with Gasteiger partial charge in [-0.1, -0.05) is 32.0 Å². The third kappa shape index (κ3) is 7.85. The minimum Gasteiger partial charge on any atom is -0.380 e. The van der Waals surface area contributed by atoms with Crippen LogP contribution < -0.4 is 10.2 Å². The molecule has 0 amide bonds. The summed E-state index contributed by atoms with van der Waals surface area (Å²) in [5.41, 5.74) is 1.28. The van der Waals surface area contributed by atoms with E-state index in [1.54, 1.807) is 0 Å². The maximum absolute atomic E-state index is 5.52. The summed E-state index contributed by atoms with van der Waals surface area (Å²) in [6.07, 6.45) is 1.15. The highest BCUT2D eigenvalue weighted by molar-refractivity contribution is 5.44. The van der Waals surface area contributed by atoms with E-state index in [0.29, 0.717) is 5.92 Å². The van der Waals surface area contributed by atoms with Crippen LogP contribution >= 0.6 is 0 Å². The highest BCUT2D eigenvalue weighted by atomic mass is 16.5. The molecule has 1 aromatic carbocycles. The Bertz CT molecular complexity index is 314. The lowest BCUT2D eigenvalue weighted by Crippen LogP contribution is -2.26. The molecule has 0 unspecified atom stereocenters. The molecule has 0 fully saturated rings. The van der Waals surface area contributed by atoms with E-state index in [4.69, 9.17) is 4.74 Å². The Hall–Kier alpha value is -1.06. The molecular weight excluding hydrogens is 236 g/mol. The van der Waals surface area contributed by atoms with Gasteiger partial charge in [0.25, 0.3) is 0 Å². The minimum absolute atomic E-state index is 0.625. The largest absolute Gasteiger partial charge is 0.380 e. The SMILES string of the molecule is CC(C)COCCNCCCN(C)c1ccccc1. The molecule has 0 atom stereocenters. The van der Waals surface area contributed by atoms with Gasteiger partial charge in [0.1, 0.15) is 0 Å². The molecule has 3 nitrogen and oxygen atoms in total. The molecular formula is C16H28N2O. The number of benzene rings is 1. The third-order valence-corrected chi connectivity index (χ3v) is 2.92. The second kappa shape index (κ2) is 9.82. The number of rotatable bonds is 10. The minimum atomic E-state index is 0.625. The van der Waals surface area contributed by atoms with Crippen molar-refractivity contribution in [3.8, 4) is 0 Å². The highest BCUT2D eigenvalue weighted by Gasteiger charge is 1.98. The van der Waals surface area contributed by atoms with Gasteiger partial charge >= 0.3 is 0 Å². The molecule has 0 saturated carbocycles. The van der Waals surface area contributed by atoms with Gasteiger partial charge in [-0.2, -0.15) is 0 Å². The summed E-state index contributed by atoms with van der Waals surface area (Å²) in [7, 11) is 2.14. The fourth-order valence-corrected chi connectivity index (χ4v) is 1.84. The zero-order chi connectivity index (χ0) is 13.9. The predicted molar refractivity (Wildman–Crippen MR) is 82.9 cm³/mol. The summed E-state index contributed by atoms with van der Waals surface area (Å²) >= 11 is 0. The molecule has 0 heterocycles. The van der Waals surface area contributed by atoms with Crippen LogP contribution in [0, 0.1) is 5.92 Å². The smallest absolute Gasteiger partial charge is 0.0591 e. The molecule has 0 aliphatic heterocycles. The van der Waals surface area contributed by atoms with Crippen molar-refractivity contribution >= 4 is 5.69 Å². The zero-order valence-electron chi connectivity index (χ0n) is 12.6. The van der Waals surface area contributed by atoms with Crippen LogP contribution in [0.1, 0.15) is 20.3 Å². The first kappa shape index (κ1) is 16.0. The molecule has 108 valence electrons. The van der Waals surface area contributed by atoms with Crippen LogP contribution in [0.15, 0.2) is 30.3 Å². The van der Waals surface area contributed by atoms with Crippen molar-refractivity contribution in [2.45, 2.75) is 20.3 Å². The van der Waals surface area contributed by atoms with Gasteiger partial charge in [-0.05, 0) is 31.0 Å². The zero-order valence-corrected chi connectivity index (χ0v) is 12.6. The van der Waals surface area contributed by atoms with Crippen LogP contribution in [0.4, 0.5) is 5.69 Å². The molecule has 1 rings (SSSR count). The van der Waals surface area contributed by atoms with Gasteiger partial charge in [-0.15, -0.1) is 0 Å². The maximum atomic E-state index is 5.52. The molecule has 0 aromatic heterocycles. The topological polar surface area (TPSA) is 24.5 Å². The van der Waals surface area contributed by atoms with Gasteiger partial charge in [0.2, 0.25) is 0 Å². The Balaban J connectivity index is 1.96. The summed E-state index contributed by atoms with van der Waals surface area (Å²) in [6, 6.07) is 10.5. The van der Waals surface area contributed by atoms with E-state index in [1.807, 2.05) is 0 Å². The maximum Gasteiger partial charge on any atom is 0.0591 e. The average molecular weight is 264 g/mol. The third-order valence-electron chi connectivity index (χ3n) is 2.92. The molecule has 0 spiro atoms. The lowest BCUT2D eigenvalue weighted by atomic mass is 10.2. The highest BCUT2D eigenvalue weighted by Crippen LogP contribution is 2.10. The van der Waals surface area contributed by atoms with Crippen LogP contribution in [0.5, 0.6) is 0 Å². The van der Waals surface area contributed by atoms with Crippen LogP contribution in [0.3, 0.4) is 0 Å². The molecule has 0 aliphatic rings. The van der Waals surface area contributed by atoms with Gasteiger partial charge < -0.3 is 15.0 Å². The first-order valence-electron chi connectivity index (χ1n) is 7.25. The van der Waals surface area contributed by atoms with E-state index in [9.17, 15) is 0 Å². The quantitative estimate of drug-likeness (QED) is 0.658. The number of anilines is 1. The van der Waals surface area contributed by atoms with Gasteiger partial charge in [-0.3, -0.25) is 0 Å². The van der Waals surface area contributed by atoms with Gasteiger partial charge in [-0.25, -0.2) is 0 Å². The molecule has 1 N–H and O–H groups in total. The predicted octanol–water partition coefficient (Wildman–Crippen LogP) is 2.78. The first-order chi connectivity index (χ1) is 9.20. The Kier molecular flexibility index (Phi) is 8.26. The van der Waals surface area contributed by atoms with Gasteiger partial charge in [0.05, 0.1) is 6.61 Å². The van der Waals surface area contributed by atoms with Crippen LogP contribution in [0.2, 0.25) is 0 Å². The number of para-hydroxylation sites is 1. The molecule has 0 radical (unpaired) electrons.